The zero-order chi connectivity index (χ0) is 17.3. The molecule has 0 atom stereocenters. The van der Waals surface area contributed by atoms with E-state index in [1.807, 2.05) is 0 Å². The number of carbonyl (C=O) groups is 1. The normalized spacial score (nSPS) is 10.8. The first kappa shape index (κ1) is 15.7. The van der Waals surface area contributed by atoms with Crippen molar-refractivity contribution < 1.29 is 13.9 Å². The summed E-state index contributed by atoms with van der Waals surface area (Å²) in [5, 5.41) is 0.372. The number of amides is 1. The predicted molar refractivity (Wildman–Crippen MR) is 86.6 cm³/mol. The Morgan fingerprint density at radius 3 is 2.75 bits per heavy atom. The van der Waals surface area contributed by atoms with Crippen molar-refractivity contribution in [1.29, 1.82) is 0 Å². The van der Waals surface area contributed by atoms with Crippen molar-refractivity contribution >= 4 is 16.8 Å². The molecule has 0 bridgehead atoms. The molecule has 1 aromatic heterocycles. The van der Waals surface area contributed by atoms with E-state index in [1.165, 1.54) is 29.9 Å². The quantitative estimate of drug-likeness (QED) is 0.790. The van der Waals surface area contributed by atoms with E-state index in [4.69, 9.17) is 10.5 Å². The maximum atomic E-state index is 13.5. The molecule has 24 heavy (non-hydrogen) atoms. The van der Waals surface area contributed by atoms with Gasteiger partial charge in [0.05, 0.1) is 24.6 Å². The van der Waals surface area contributed by atoms with Crippen LogP contribution in [0.2, 0.25) is 0 Å². The Bertz CT molecular complexity index is 998. The van der Waals surface area contributed by atoms with Crippen LogP contribution in [0, 0.1) is 5.82 Å². The standard InChI is InChI=1S/C17H14FN3O3/c1-24-14-8-10(6-7-12(14)18)9-21-16(15(19)22)20-13-5-3-2-4-11(13)17(21)23/h2-8H,9H2,1H3,(H2,19,22). The highest BCUT2D eigenvalue weighted by Gasteiger charge is 2.16. The van der Waals surface area contributed by atoms with Crippen molar-refractivity contribution in [2.45, 2.75) is 6.54 Å². The van der Waals surface area contributed by atoms with Gasteiger partial charge < -0.3 is 10.5 Å². The maximum absolute atomic E-state index is 13.5. The number of rotatable bonds is 4. The van der Waals surface area contributed by atoms with Crippen molar-refractivity contribution in [3.8, 4) is 5.75 Å². The van der Waals surface area contributed by atoms with Crippen molar-refractivity contribution in [3.63, 3.8) is 0 Å². The second-order valence-corrected chi connectivity index (χ2v) is 5.18. The molecule has 3 aromatic rings. The van der Waals surface area contributed by atoms with Crippen LogP contribution in [0.25, 0.3) is 10.9 Å². The lowest BCUT2D eigenvalue weighted by Gasteiger charge is -2.12. The lowest BCUT2D eigenvalue weighted by molar-refractivity contribution is 0.0985. The number of nitrogens with two attached hydrogens (primary N) is 1. The van der Waals surface area contributed by atoms with Crippen LogP contribution in [0.5, 0.6) is 5.75 Å². The molecule has 0 saturated heterocycles. The first-order chi connectivity index (χ1) is 11.5. The number of hydrogen-bond donors (Lipinski definition) is 1. The monoisotopic (exact) mass is 327 g/mol. The number of methoxy groups -OCH3 is 1. The summed E-state index contributed by atoms with van der Waals surface area (Å²) in [5.74, 6) is -1.43. The van der Waals surface area contributed by atoms with Crippen LogP contribution in [0.3, 0.4) is 0 Å². The molecular formula is C17H14FN3O3. The molecule has 0 radical (unpaired) electrons. The molecule has 0 unspecified atom stereocenters. The van der Waals surface area contributed by atoms with Gasteiger partial charge >= 0.3 is 0 Å². The van der Waals surface area contributed by atoms with Crippen molar-refractivity contribution in [2.75, 3.05) is 7.11 Å². The average molecular weight is 327 g/mol. The fraction of sp³-hybridized carbons (Fsp3) is 0.118. The number of halogens is 1. The summed E-state index contributed by atoms with van der Waals surface area (Å²) < 4.78 is 19.6. The third kappa shape index (κ3) is 2.71. The number of aromatic nitrogens is 2. The minimum atomic E-state index is -0.813. The Kier molecular flexibility index (Phi) is 3.99. The second kappa shape index (κ2) is 6.11. The average Bonchev–Trinajstić information content (AvgIpc) is 2.58. The molecule has 2 N–H and O–H groups in total. The SMILES string of the molecule is COc1cc(Cn2c(C(N)=O)nc3ccccc3c2=O)ccc1F. The number of benzene rings is 2. The molecule has 122 valence electrons. The van der Waals surface area contributed by atoms with Gasteiger partial charge in [0.1, 0.15) is 0 Å². The van der Waals surface area contributed by atoms with Crippen LogP contribution >= 0.6 is 0 Å². The maximum Gasteiger partial charge on any atom is 0.284 e. The van der Waals surface area contributed by atoms with Gasteiger partial charge in [-0.05, 0) is 29.8 Å². The van der Waals surface area contributed by atoms with Crippen LogP contribution in [-0.2, 0) is 6.54 Å². The van der Waals surface area contributed by atoms with E-state index >= 15 is 0 Å². The van der Waals surface area contributed by atoms with Crippen molar-refractivity contribution in [3.05, 3.63) is 70.0 Å². The molecule has 2 aromatic carbocycles. The lowest BCUT2D eigenvalue weighted by atomic mass is 10.2. The summed E-state index contributed by atoms with van der Waals surface area (Å²) in [6, 6.07) is 10.9. The van der Waals surface area contributed by atoms with Gasteiger partial charge in [0.15, 0.2) is 11.6 Å². The Labute approximate surface area is 136 Å². The van der Waals surface area contributed by atoms with Gasteiger partial charge in [0, 0.05) is 0 Å². The highest BCUT2D eigenvalue weighted by molar-refractivity contribution is 5.91. The Hall–Kier alpha value is -3.22. The van der Waals surface area contributed by atoms with E-state index in [-0.39, 0.29) is 18.1 Å². The third-order valence-corrected chi connectivity index (χ3v) is 3.64. The van der Waals surface area contributed by atoms with Gasteiger partial charge in [-0.25, -0.2) is 9.37 Å². The number of fused-ring (bicyclic) bond motifs is 1. The number of ether oxygens (including phenoxy) is 1. The van der Waals surface area contributed by atoms with Crippen molar-refractivity contribution in [2.24, 2.45) is 5.73 Å². The van der Waals surface area contributed by atoms with E-state index < -0.39 is 17.3 Å². The van der Waals surface area contributed by atoms with Crippen molar-refractivity contribution in [1.82, 2.24) is 9.55 Å². The smallest absolute Gasteiger partial charge is 0.284 e. The first-order valence-corrected chi connectivity index (χ1v) is 7.13. The summed E-state index contributed by atoms with van der Waals surface area (Å²) in [6.07, 6.45) is 0. The molecule has 0 spiro atoms. The fourth-order valence-electron chi connectivity index (χ4n) is 2.49. The molecule has 6 nitrogen and oxygen atoms in total. The minimum absolute atomic E-state index is 0.0194. The fourth-order valence-corrected chi connectivity index (χ4v) is 2.49. The minimum Gasteiger partial charge on any atom is -0.494 e. The summed E-state index contributed by atoms with van der Waals surface area (Å²) in [4.78, 5) is 28.6. The van der Waals surface area contributed by atoms with E-state index in [0.717, 1.165) is 0 Å². The molecule has 1 amide bonds. The van der Waals surface area contributed by atoms with Crippen LogP contribution in [-0.4, -0.2) is 22.6 Å². The van der Waals surface area contributed by atoms with E-state index in [0.29, 0.717) is 16.5 Å². The number of primary amides is 1. The van der Waals surface area contributed by atoms with Gasteiger partial charge in [-0.1, -0.05) is 18.2 Å². The molecule has 7 heteroatoms. The molecule has 0 saturated carbocycles. The molecule has 1 heterocycles. The molecule has 0 aliphatic heterocycles. The predicted octanol–water partition coefficient (Wildman–Crippen LogP) is 1.69. The first-order valence-electron chi connectivity index (χ1n) is 7.13. The topological polar surface area (TPSA) is 87.2 Å². The summed E-state index contributed by atoms with van der Waals surface area (Å²) in [7, 11) is 1.35. The molecular weight excluding hydrogens is 313 g/mol. The van der Waals surface area contributed by atoms with Crippen LogP contribution in [0.15, 0.2) is 47.3 Å². The van der Waals surface area contributed by atoms with Crippen LogP contribution in [0.4, 0.5) is 4.39 Å². The largest absolute Gasteiger partial charge is 0.494 e. The molecule has 0 aliphatic rings. The number of hydrogen-bond acceptors (Lipinski definition) is 4. The van der Waals surface area contributed by atoms with Gasteiger partial charge in [0.25, 0.3) is 11.5 Å². The summed E-state index contributed by atoms with van der Waals surface area (Å²) in [6.45, 7) is 0.0194. The summed E-state index contributed by atoms with van der Waals surface area (Å²) in [5.41, 5.74) is 5.94. The van der Waals surface area contributed by atoms with Crippen LogP contribution in [0.1, 0.15) is 16.2 Å². The number of para-hydroxylation sites is 1. The molecule has 0 aliphatic carbocycles. The highest BCUT2D eigenvalue weighted by atomic mass is 19.1. The van der Waals surface area contributed by atoms with Gasteiger partial charge in [-0.15, -0.1) is 0 Å². The lowest BCUT2D eigenvalue weighted by Crippen LogP contribution is -2.31. The van der Waals surface area contributed by atoms with Gasteiger partial charge in [-0.2, -0.15) is 0 Å². The van der Waals surface area contributed by atoms with E-state index in [9.17, 15) is 14.0 Å². The van der Waals surface area contributed by atoms with E-state index in [1.54, 1.807) is 24.3 Å². The van der Waals surface area contributed by atoms with Crippen LogP contribution < -0.4 is 16.0 Å². The zero-order valence-corrected chi connectivity index (χ0v) is 12.8. The Balaban J connectivity index is 2.18. The van der Waals surface area contributed by atoms with Gasteiger partial charge in [-0.3, -0.25) is 14.2 Å². The highest BCUT2D eigenvalue weighted by Crippen LogP contribution is 2.19. The summed E-state index contributed by atoms with van der Waals surface area (Å²) >= 11 is 0. The third-order valence-electron chi connectivity index (χ3n) is 3.64. The molecule has 0 fully saturated rings. The number of carbonyl (C=O) groups excluding carboxylic acids is 1. The zero-order valence-electron chi connectivity index (χ0n) is 12.8. The Morgan fingerprint density at radius 1 is 1.29 bits per heavy atom. The second-order valence-electron chi connectivity index (χ2n) is 5.18. The Morgan fingerprint density at radius 2 is 2.04 bits per heavy atom. The molecule has 3 rings (SSSR count). The number of nitrogens with zero attached hydrogens (tertiary/aromatic N) is 2. The van der Waals surface area contributed by atoms with E-state index in [2.05, 4.69) is 4.98 Å². The van der Waals surface area contributed by atoms with Gasteiger partial charge in [0.2, 0.25) is 5.82 Å².